The van der Waals surface area contributed by atoms with Crippen molar-refractivity contribution in [1.82, 2.24) is 0 Å². The van der Waals surface area contributed by atoms with Crippen LogP contribution < -0.4 is 0 Å². The van der Waals surface area contributed by atoms with E-state index in [0.717, 1.165) is 0 Å². The molecule has 5 nitrogen and oxygen atoms in total. The van der Waals surface area contributed by atoms with Gasteiger partial charge in [-0.2, -0.15) is 0 Å². The molecule has 1 aromatic carbocycles. The summed E-state index contributed by atoms with van der Waals surface area (Å²) in [5.41, 5.74) is 0.505. The number of ether oxygens (including phenoxy) is 2. The molecule has 3 atom stereocenters. The monoisotopic (exact) mass is 352 g/mol. The van der Waals surface area contributed by atoms with E-state index in [1.165, 1.54) is 0 Å². The van der Waals surface area contributed by atoms with E-state index in [2.05, 4.69) is 33.9 Å². The summed E-state index contributed by atoms with van der Waals surface area (Å²) in [4.78, 5) is 12.0. The molecule has 0 spiro atoms. The highest BCUT2D eigenvalue weighted by Crippen LogP contribution is 2.39. The molecule has 0 amide bonds. The maximum Gasteiger partial charge on any atom is 0.338 e. The van der Waals surface area contributed by atoms with Crippen LogP contribution in [0.4, 0.5) is 0 Å². The van der Waals surface area contributed by atoms with Crippen molar-refractivity contribution in [3.8, 4) is 0 Å². The first-order valence-corrected chi connectivity index (χ1v) is 11.2. The van der Waals surface area contributed by atoms with Crippen molar-refractivity contribution in [3.63, 3.8) is 0 Å². The van der Waals surface area contributed by atoms with E-state index in [1.54, 1.807) is 24.3 Å². The third kappa shape index (κ3) is 4.66. The molecule has 1 aliphatic rings. The van der Waals surface area contributed by atoms with Crippen molar-refractivity contribution in [2.75, 3.05) is 6.61 Å². The van der Waals surface area contributed by atoms with Crippen LogP contribution in [-0.2, 0) is 13.9 Å². The molecule has 24 heavy (non-hydrogen) atoms. The van der Waals surface area contributed by atoms with E-state index in [0.29, 0.717) is 12.0 Å². The Bertz CT molecular complexity index is 552. The predicted molar refractivity (Wildman–Crippen MR) is 94.3 cm³/mol. The lowest BCUT2D eigenvalue weighted by molar-refractivity contribution is -0.130. The van der Waals surface area contributed by atoms with Crippen LogP contribution in [0.2, 0.25) is 18.1 Å². The zero-order valence-corrected chi connectivity index (χ0v) is 16.1. The Balaban J connectivity index is 1.86. The van der Waals surface area contributed by atoms with E-state index in [4.69, 9.17) is 13.9 Å². The zero-order valence-electron chi connectivity index (χ0n) is 15.1. The summed E-state index contributed by atoms with van der Waals surface area (Å²) in [7, 11) is -1.99. The predicted octanol–water partition coefficient (Wildman–Crippen LogP) is 3.34. The van der Waals surface area contributed by atoms with Crippen molar-refractivity contribution >= 4 is 14.3 Å². The van der Waals surface area contributed by atoms with Crippen LogP contribution >= 0.6 is 0 Å². The molecule has 1 saturated heterocycles. The molecule has 1 N–H and O–H groups in total. The van der Waals surface area contributed by atoms with Gasteiger partial charge in [0.05, 0.1) is 17.8 Å². The van der Waals surface area contributed by atoms with Gasteiger partial charge in [-0.3, -0.25) is 0 Å². The molecule has 0 saturated carbocycles. The lowest BCUT2D eigenvalue weighted by Gasteiger charge is -2.38. The Morgan fingerprint density at radius 1 is 1.29 bits per heavy atom. The Labute approximate surface area is 145 Å². The fraction of sp³-hybridized carbons (Fsp3) is 0.611. The highest BCUT2D eigenvalue weighted by molar-refractivity contribution is 6.74. The van der Waals surface area contributed by atoms with E-state index in [-0.39, 0.29) is 29.8 Å². The first-order chi connectivity index (χ1) is 11.1. The minimum absolute atomic E-state index is 0.0601. The highest BCUT2D eigenvalue weighted by Gasteiger charge is 2.44. The second-order valence-corrected chi connectivity index (χ2v) is 12.5. The van der Waals surface area contributed by atoms with Crippen LogP contribution in [0.25, 0.3) is 0 Å². The van der Waals surface area contributed by atoms with Crippen molar-refractivity contribution in [2.24, 2.45) is 0 Å². The van der Waals surface area contributed by atoms with Gasteiger partial charge in [0.2, 0.25) is 0 Å². The van der Waals surface area contributed by atoms with Gasteiger partial charge >= 0.3 is 5.97 Å². The molecule has 2 rings (SSSR count). The summed E-state index contributed by atoms with van der Waals surface area (Å²) in [5.74, 6) is -0.387. The van der Waals surface area contributed by atoms with E-state index >= 15 is 0 Å². The lowest BCUT2D eigenvalue weighted by Crippen LogP contribution is -2.45. The van der Waals surface area contributed by atoms with Crippen LogP contribution in [0.5, 0.6) is 0 Å². The highest BCUT2D eigenvalue weighted by atomic mass is 28.4. The van der Waals surface area contributed by atoms with Crippen LogP contribution in [0.1, 0.15) is 37.6 Å². The second-order valence-electron chi connectivity index (χ2n) is 7.77. The number of carbonyl (C=O) groups is 1. The average molecular weight is 353 g/mol. The van der Waals surface area contributed by atoms with E-state index in [9.17, 15) is 9.90 Å². The van der Waals surface area contributed by atoms with Crippen LogP contribution in [0, 0.1) is 0 Å². The lowest BCUT2D eigenvalue weighted by atomic mass is 10.2. The molecule has 0 radical (unpaired) electrons. The Morgan fingerprint density at radius 2 is 1.92 bits per heavy atom. The quantitative estimate of drug-likeness (QED) is 0.650. The van der Waals surface area contributed by atoms with Gasteiger partial charge in [0, 0.05) is 6.42 Å². The molecule has 0 unspecified atom stereocenters. The fourth-order valence-electron chi connectivity index (χ4n) is 2.31. The molecule has 0 bridgehead atoms. The molecular formula is C18H28O5Si. The van der Waals surface area contributed by atoms with Crippen molar-refractivity contribution in [2.45, 2.75) is 63.8 Å². The number of aliphatic hydroxyl groups excluding tert-OH is 1. The van der Waals surface area contributed by atoms with Gasteiger partial charge in [0.15, 0.2) is 14.6 Å². The average Bonchev–Trinajstić information content (AvgIpc) is 2.84. The van der Waals surface area contributed by atoms with Crippen molar-refractivity contribution in [1.29, 1.82) is 0 Å². The number of carbonyl (C=O) groups excluding carboxylic acids is 1. The van der Waals surface area contributed by atoms with Gasteiger partial charge in [-0.25, -0.2) is 4.79 Å². The Morgan fingerprint density at radius 3 is 2.50 bits per heavy atom. The molecule has 0 aromatic heterocycles. The van der Waals surface area contributed by atoms with Gasteiger partial charge in [0.1, 0.15) is 6.61 Å². The minimum atomic E-state index is -1.99. The minimum Gasteiger partial charge on any atom is -0.459 e. The third-order valence-electron chi connectivity index (χ3n) is 4.81. The van der Waals surface area contributed by atoms with E-state index < -0.39 is 14.6 Å². The number of hydrogen-bond donors (Lipinski definition) is 1. The number of aliphatic hydroxyl groups is 1. The number of hydrogen-bond acceptors (Lipinski definition) is 5. The van der Waals surface area contributed by atoms with Crippen molar-refractivity contribution in [3.05, 3.63) is 35.9 Å². The number of rotatable bonds is 5. The molecular weight excluding hydrogens is 324 g/mol. The maximum atomic E-state index is 12.0. The third-order valence-corrected chi connectivity index (χ3v) is 9.31. The fourth-order valence-corrected chi connectivity index (χ4v) is 3.63. The molecule has 1 fully saturated rings. The molecule has 1 aliphatic heterocycles. The van der Waals surface area contributed by atoms with Gasteiger partial charge < -0.3 is 19.0 Å². The molecule has 6 heteroatoms. The SMILES string of the molecule is CC(C)(C)[Si](C)(C)O[C@@H]1C[C@@H](COC(=O)c2ccccc2)O[C@@H]1O. The summed E-state index contributed by atoms with van der Waals surface area (Å²) >= 11 is 0. The largest absolute Gasteiger partial charge is 0.459 e. The van der Waals surface area contributed by atoms with Gasteiger partial charge in [0.25, 0.3) is 0 Å². The van der Waals surface area contributed by atoms with Gasteiger partial charge in [-0.15, -0.1) is 0 Å². The second kappa shape index (κ2) is 7.35. The van der Waals surface area contributed by atoms with Crippen molar-refractivity contribution < 1.29 is 23.8 Å². The van der Waals surface area contributed by atoms with Gasteiger partial charge in [-0.1, -0.05) is 39.0 Å². The first-order valence-electron chi connectivity index (χ1n) is 8.34. The summed E-state index contributed by atoms with van der Waals surface area (Å²) in [6, 6.07) is 8.83. The summed E-state index contributed by atoms with van der Waals surface area (Å²) in [6.45, 7) is 10.9. The number of benzene rings is 1. The van der Waals surface area contributed by atoms with E-state index in [1.807, 2.05) is 6.07 Å². The van der Waals surface area contributed by atoms with Crippen LogP contribution in [0.15, 0.2) is 30.3 Å². The number of esters is 1. The maximum absolute atomic E-state index is 12.0. The molecule has 0 aliphatic carbocycles. The summed E-state index contributed by atoms with van der Waals surface area (Å²) in [6.07, 6.45) is -1.16. The molecule has 1 heterocycles. The van der Waals surface area contributed by atoms with Crippen LogP contribution in [-0.4, -0.2) is 44.5 Å². The topological polar surface area (TPSA) is 65.0 Å². The summed E-state index contributed by atoms with van der Waals surface area (Å²) < 4.78 is 17.0. The zero-order chi connectivity index (χ0) is 18.0. The Hall–Kier alpha value is -1.21. The first kappa shape index (κ1) is 19.1. The van der Waals surface area contributed by atoms with Gasteiger partial charge in [-0.05, 0) is 30.3 Å². The normalized spacial score (nSPS) is 24.8. The molecule has 1 aromatic rings. The standard InChI is InChI=1S/C18H28O5Si/c1-18(2,3)24(4,5)23-15-11-14(22-17(15)20)12-21-16(19)13-9-7-6-8-10-13/h6-10,14-15,17,20H,11-12H2,1-5H3/t14-,15+,17-/m0/s1. The summed E-state index contributed by atoms with van der Waals surface area (Å²) in [5, 5.41) is 10.2. The Kier molecular flexibility index (Phi) is 5.85. The van der Waals surface area contributed by atoms with Crippen LogP contribution in [0.3, 0.4) is 0 Å². The molecule has 134 valence electrons. The smallest absolute Gasteiger partial charge is 0.338 e.